The standard InChI is InChI=1S/C35H31FN4O4S2/c1-20(2)44-34(43)31-21(3)37-35-40(32(31)22-9-15-26(45-4)16-10-22)33(42)29(46-35)17-23-18-39(28-8-6-5-7-27(23)28)19-30(41)38-25-13-11-24(36)12-14-25/h5-18,20,32H,19H2,1-4H3,(H,38,41)/b29-17-/t32-/m0/s1. The molecule has 3 aromatic carbocycles. The zero-order valence-corrected chi connectivity index (χ0v) is 27.2. The molecule has 0 bridgehead atoms. The van der Waals surface area contributed by atoms with E-state index in [0.29, 0.717) is 26.3 Å². The molecule has 0 spiro atoms. The highest BCUT2D eigenvalue weighted by atomic mass is 32.2. The van der Waals surface area contributed by atoms with E-state index in [1.165, 1.54) is 35.6 Å². The van der Waals surface area contributed by atoms with Crippen molar-refractivity contribution in [1.29, 1.82) is 0 Å². The number of aromatic nitrogens is 2. The molecule has 0 saturated carbocycles. The Bertz CT molecular complexity index is 2180. The van der Waals surface area contributed by atoms with E-state index in [9.17, 15) is 18.8 Å². The number of ether oxygens (including phenoxy) is 1. The van der Waals surface area contributed by atoms with Crippen molar-refractivity contribution in [3.8, 4) is 0 Å². The lowest BCUT2D eigenvalue weighted by Gasteiger charge is -2.25. The van der Waals surface area contributed by atoms with E-state index in [2.05, 4.69) is 5.32 Å². The zero-order valence-electron chi connectivity index (χ0n) is 25.6. The van der Waals surface area contributed by atoms with E-state index in [0.717, 1.165) is 26.9 Å². The molecule has 0 unspecified atom stereocenters. The Morgan fingerprint density at radius 2 is 1.80 bits per heavy atom. The number of esters is 1. The number of rotatable bonds is 8. The largest absolute Gasteiger partial charge is 0.459 e. The SMILES string of the molecule is CSc1ccc([C@H]2C(C(=O)OC(C)C)=C(C)N=c3s/c(=C\c4cn(CC(=O)Nc5ccc(F)cc5)c5ccccc45)c(=O)n32)cc1. The number of carbonyl (C=O) groups excluding carboxylic acids is 2. The Balaban J connectivity index is 1.43. The number of para-hydroxylation sites is 1. The molecule has 0 radical (unpaired) electrons. The van der Waals surface area contributed by atoms with Gasteiger partial charge in [0.05, 0.1) is 27.9 Å². The maximum absolute atomic E-state index is 14.2. The molecule has 46 heavy (non-hydrogen) atoms. The van der Waals surface area contributed by atoms with Crippen molar-refractivity contribution in [1.82, 2.24) is 9.13 Å². The number of thioether (sulfide) groups is 1. The van der Waals surface area contributed by atoms with Gasteiger partial charge in [0, 0.05) is 33.2 Å². The molecule has 1 aliphatic heterocycles. The number of anilines is 1. The fourth-order valence-corrected chi connectivity index (χ4v) is 6.96. The smallest absolute Gasteiger partial charge is 0.338 e. The Kier molecular flexibility index (Phi) is 8.79. The molecule has 0 saturated heterocycles. The van der Waals surface area contributed by atoms with Crippen LogP contribution in [-0.2, 0) is 20.9 Å². The van der Waals surface area contributed by atoms with Crippen molar-refractivity contribution < 1.29 is 18.7 Å². The summed E-state index contributed by atoms with van der Waals surface area (Å²) >= 11 is 2.85. The van der Waals surface area contributed by atoms with Gasteiger partial charge in [-0.1, -0.05) is 41.7 Å². The van der Waals surface area contributed by atoms with Crippen molar-refractivity contribution in [2.75, 3.05) is 11.6 Å². The van der Waals surface area contributed by atoms with E-state index in [-0.39, 0.29) is 29.9 Å². The van der Waals surface area contributed by atoms with Crippen LogP contribution in [-0.4, -0.2) is 33.4 Å². The van der Waals surface area contributed by atoms with Gasteiger partial charge in [-0.05, 0) is 81.1 Å². The molecule has 1 amide bonds. The number of benzene rings is 3. The number of nitrogens with one attached hydrogen (secondary N) is 1. The van der Waals surface area contributed by atoms with Crippen LogP contribution in [0, 0.1) is 5.82 Å². The van der Waals surface area contributed by atoms with Crippen molar-refractivity contribution in [2.24, 2.45) is 4.99 Å². The molecule has 8 nitrogen and oxygen atoms in total. The highest BCUT2D eigenvalue weighted by molar-refractivity contribution is 7.98. The molecule has 1 N–H and O–H groups in total. The molecular formula is C35H31FN4O4S2. The maximum Gasteiger partial charge on any atom is 0.338 e. The quantitative estimate of drug-likeness (QED) is 0.173. The van der Waals surface area contributed by atoms with Crippen LogP contribution in [0.2, 0.25) is 0 Å². The fourth-order valence-electron chi connectivity index (χ4n) is 5.51. The summed E-state index contributed by atoms with van der Waals surface area (Å²) in [6, 6.07) is 20.3. The van der Waals surface area contributed by atoms with Crippen LogP contribution in [0.4, 0.5) is 10.1 Å². The summed E-state index contributed by atoms with van der Waals surface area (Å²) in [4.78, 5) is 46.7. The summed E-state index contributed by atoms with van der Waals surface area (Å²) < 4.78 is 22.7. The van der Waals surface area contributed by atoms with Gasteiger partial charge in [-0.15, -0.1) is 11.8 Å². The number of allylic oxidation sites excluding steroid dienone is 1. The Labute approximate surface area is 272 Å². The van der Waals surface area contributed by atoms with Crippen molar-refractivity contribution in [3.63, 3.8) is 0 Å². The summed E-state index contributed by atoms with van der Waals surface area (Å²) in [6.45, 7) is 5.35. The van der Waals surface area contributed by atoms with Crippen LogP contribution in [0.1, 0.15) is 37.9 Å². The van der Waals surface area contributed by atoms with Crippen LogP contribution in [0.25, 0.3) is 17.0 Å². The second-order valence-electron chi connectivity index (χ2n) is 11.1. The minimum absolute atomic E-state index is 0.0134. The van der Waals surface area contributed by atoms with Crippen molar-refractivity contribution in [3.05, 3.63) is 127 Å². The molecule has 234 valence electrons. The predicted octanol–water partition coefficient (Wildman–Crippen LogP) is 5.64. The van der Waals surface area contributed by atoms with Gasteiger partial charge in [0.25, 0.3) is 5.56 Å². The second-order valence-corrected chi connectivity index (χ2v) is 13.0. The second kappa shape index (κ2) is 12.9. The van der Waals surface area contributed by atoms with Crippen LogP contribution in [0.5, 0.6) is 0 Å². The lowest BCUT2D eigenvalue weighted by Crippen LogP contribution is -2.40. The van der Waals surface area contributed by atoms with Gasteiger partial charge in [0.2, 0.25) is 5.91 Å². The van der Waals surface area contributed by atoms with E-state index >= 15 is 0 Å². The van der Waals surface area contributed by atoms with Gasteiger partial charge >= 0.3 is 5.97 Å². The van der Waals surface area contributed by atoms with Gasteiger partial charge in [-0.3, -0.25) is 14.2 Å². The summed E-state index contributed by atoms with van der Waals surface area (Å²) in [5.74, 6) is -1.17. The molecule has 0 fully saturated rings. The molecule has 6 rings (SSSR count). The number of hydrogen-bond donors (Lipinski definition) is 1. The first-order valence-corrected chi connectivity index (χ1v) is 16.7. The summed E-state index contributed by atoms with van der Waals surface area (Å²) in [5, 5.41) is 3.66. The number of nitrogens with zero attached hydrogens (tertiary/aromatic N) is 3. The summed E-state index contributed by atoms with van der Waals surface area (Å²) in [6.07, 6.45) is 5.29. The highest BCUT2D eigenvalue weighted by Gasteiger charge is 2.33. The monoisotopic (exact) mass is 654 g/mol. The van der Waals surface area contributed by atoms with Crippen LogP contribution in [0.15, 0.2) is 105 Å². The molecular weight excluding hydrogens is 624 g/mol. The van der Waals surface area contributed by atoms with Gasteiger partial charge in [-0.25, -0.2) is 14.2 Å². The third-order valence-corrected chi connectivity index (χ3v) is 9.29. The molecule has 2 aromatic heterocycles. The number of halogens is 1. The normalized spacial score (nSPS) is 14.8. The minimum atomic E-state index is -0.711. The van der Waals surface area contributed by atoms with Crippen LogP contribution >= 0.6 is 23.1 Å². The summed E-state index contributed by atoms with van der Waals surface area (Å²) in [5.41, 5.74) is 3.39. The van der Waals surface area contributed by atoms with E-state index < -0.39 is 12.0 Å². The molecule has 1 atom stereocenters. The Hall–Kier alpha value is -4.74. The lowest BCUT2D eigenvalue weighted by atomic mass is 9.96. The van der Waals surface area contributed by atoms with Crippen molar-refractivity contribution in [2.45, 2.75) is 44.4 Å². The van der Waals surface area contributed by atoms with Crippen LogP contribution in [0.3, 0.4) is 0 Å². The topological polar surface area (TPSA) is 94.7 Å². The van der Waals surface area contributed by atoms with E-state index in [1.54, 1.807) is 43.2 Å². The third kappa shape index (κ3) is 6.20. The Morgan fingerprint density at radius 3 is 2.50 bits per heavy atom. The highest BCUT2D eigenvalue weighted by Crippen LogP contribution is 2.32. The molecule has 0 aliphatic carbocycles. The first-order chi connectivity index (χ1) is 22.1. The van der Waals surface area contributed by atoms with Gasteiger partial charge < -0.3 is 14.6 Å². The van der Waals surface area contributed by atoms with E-state index in [1.807, 2.05) is 65.6 Å². The predicted molar refractivity (Wildman–Crippen MR) is 180 cm³/mol. The average Bonchev–Trinajstić information content (AvgIpc) is 3.53. The average molecular weight is 655 g/mol. The van der Waals surface area contributed by atoms with Gasteiger partial charge in [-0.2, -0.15) is 0 Å². The van der Waals surface area contributed by atoms with Crippen molar-refractivity contribution >= 4 is 57.6 Å². The van der Waals surface area contributed by atoms with Crippen LogP contribution < -0.4 is 20.2 Å². The summed E-state index contributed by atoms with van der Waals surface area (Å²) in [7, 11) is 0. The molecule has 3 heterocycles. The fraction of sp³-hybridized carbons (Fsp3) is 0.200. The first kappa shape index (κ1) is 31.3. The number of fused-ring (bicyclic) bond motifs is 2. The molecule has 1 aliphatic rings. The van der Waals surface area contributed by atoms with E-state index in [4.69, 9.17) is 9.73 Å². The number of thiazole rings is 1. The number of hydrogen-bond acceptors (Lipinski definition) is 7. The minimum Gasteiger partial charge on any atom is -0.459 e. The number of carbonyl (C=O) groups is 2. The van der Waals surface area contributed by atoms with Gasteiger partial charge in [0.1, 0.15) is 12.4 Å². The third-order valence-electron chi connectivity index (χ3n) is 7.56. The molecule has 11 heteroatoms. The Morgan fingerprint density at radius 1 is 1.09 bits per heavy atom. The first-order valence-electron chi connectivity index (χ1n) is 14.6. The van der Waals surface area contributed by atoms with Gasteiger partial charge in [0.15, 0.2) is 4.80 Å². The molecule has 5 aromatic rings. The lowest BCUT2D eigenvalue weighted by molar-refractivity contribution is -0.143. The zero-order chi connectivity index (χ0) is 32.5. The maximum atomic E-state index is 14.2. The number of amides is 1.